The lowest BCUT2D eigenvalue weighted by Crippen LogP contribution is -2.58. The second-order valence-electron chi connectivity index (χ2n) is 7.21. The van der Waals surface area contributed by atoms with Crippen LogP contribution in [0.1, 0.15) is 39.2 Å². The molecule has 1 fully saturated rings. The molecule has 1 aromatic carbocycles. The zero-order chi connectivity index (χ0) is 19.4. The lowest BCUT2D eigenvalue weighted by atomic mass is 9.97. The third-order valence-corrected chi connectivity index (χ3v) is 4.02. The van der Waals surface area contributed by atoms with Crippen molar-refractivity contribution < 1.29 is 28.6 Å². The molecule has 1 heterocycles. The Hall–Kier alpha value is -2.41. The summed E-state index contributed by atoms with van der Waals surface area (Å²) in [6.07, 6.45) is -0.691. The van der Waals surface area contributed by atoms with Gasteiger partial charge in [-0.1, -0.05) is 30.3 Å². The Morgan fingerprint density at radius 3 is 2.42 bits per heavy atom. The number of amides is 2. The molecule has 0 spiro atoms. The first kappa shape index (κ1) is 19.9. The fourth-order valence-electron chi connectivity index (χ4n) is 2.85. The molecule has 0 unspecified atom stereocenters. The molecular weight excluding hydrogens is 338 g/mol. The summed E-state index contributed by atoms with van der Waals surface area (Å²) < 4.78 is 15.9. The Labute approximate surface area is 153 Å². The Morgan fingerprint density at radius 1 is 1.19 bits per heavy atom. The largest absolute Gasteiger partial charge is 0.467 e. The van der Waals surface area contributed by atoms with Crippen molar-refractivity contribution in [2.24, 2.45) is 0 Å². The van der Waals surface area contributed by atoms with E-state index >= 15 is 0 Å². The highest BCUT2D eigenvalue weighted by Crippen LogP contribution is 2.34. The van der Waals surface area contributed by atoms with Crippen LogP contribution in [-0.2, 0) is 30.4 Å². The van der Waals surface area contributed by atoms with Gasteiger partial charge in [-0.15, -0.1) is 0 Å². The van der Waals surface area contributed by atoms with Crippen molar-refractivity contribution in [3.05, 3.63) is 35.9 Å². The van der Waals surface area contributed by atoms with Gasteiger partial charge in [0.15, 0.2) is 5.54 Å². The number of methoxy groups -OCH3 is 1. The van der Waals surface area contributed by atoms with Gasteiger partial charge in [-0.2, -0.15) is 0 Å². The maximum Gasteiger partial charge on any atom is 0.418 e. The van der Waals surface area contributed by atoms with Gasteiger partial charge in [-0.25, -0.2) is 14.5 Å². The molecule has 0 aliphatic carbocycles. The SMILES string of the molecule is COC(=O)[C@@]1(COCc2ccccc2)CCC(=O)N1C(=O)OC(C)(C)C. The minimum absolute atomic E-state index is 0.0447. The van der Waals surface area contributed by atoms with Crippen LogP contribution in [-0.4, -0.2) is 47.7 Å². The normalized spacial score (nSPS) is 20.2. The molecule has 0 radical (unpaired) electrons. The number of esters is 1. The Bertz CT molecular complexity index is 666. The van der Waals surface area contributed by atoms with Crippen LogP contribution in [0, 0.1) is 0 Å². The van der Waals surface area contributed by atoms with Crippen LogP contribution >= 0.6 is 0 Å². The van der Waals surface area contributed by atoms with Crippen molar-refractivity contribution in [1.82, 2.24) is 4.90 Å². The molecule has 7 heteroatoms. The number of hydrogen-bond acceptors (Lipinski definition) is 6. The first-order valence-corrected chi connectivity index (χ1v) is 8.46. The lowest BCUT2D eigenvalue weighted by Gasteiger charge is -2.35. The molecule has 1 aromatic rings. The number of hydrogen-bond donors (Lipinski definition) is 0. The van der Waals surface area contributed by atoms with Gasteiger partial charge in [-0.3, -0.25) is 4.79 Å². The summed E-state index contributed by atoms with van der Waals surface area (Å²) in [4.78, 5) is 38.2. The van der Waals surface area contributed by atoms with E-state index in [0.29, 0.717) is 0 Å². The highest BCUT2D eigenvalue weighted by Gasteiger charge is 2.56. The van der Waals surface area contributed by atoms with E-state index in [1.807, 2.05) is 30.3 Å². The zero-order valence-electron chi connectivity index (χ0n) is 15.6. The number of benzene rings is 1. The maximum atomic E-state index is 12.6. The summed E-state index contributed by atoms with van der Waals surface area (Å²) in [6, 6.07) is 9.41. The minimum atomic E-state index is -1.51. The predicted molar refractivity (Wildman–Crippen MR) is 93.2 cm³/mol. The number of rotatable bonds is 5. The molecule has 0 saturated carbocycles. The fraction of sp³-hybridized carbons (Fsp3) is 0.526. The van der Waals surface area contributed by atoms with E-state index in [-0.39, 0.29) is 26.1 Å². The smallest absolute Gasteiger partial charge is 0.418 e. The first-order chi connectivity index (χ1) is 12.2. The van der Waals surface area contributed by atoms with Gasteiger partial charge in [0.05, 0.1) is 20.3 Å². The number of nitrogens with zero attached hydrogens (tertiary/aromatic N) is 1. The summed E-state index contributed by atoms with van der Waals surface area (Å²) in [5.41, 5.74) is -1.39. The second-order valence-corrected chi connectivity index (χ2v) is 7.21. The van der Waals surface area contributed by atoms with E-state index in [1.165, 1.54) is 7.11 Å². The highest BCUT2D eigenvalue weighted by atomic mass is 16.6. The molecule has 1 aliphatic heterocycles. The molecule has 26 heavy (non-hydrogen) atoms. The molecule has 142 valence electrons. The molecule has 1 aliphatic rings. The van der Waals surface area contributed by atoms with Gasteiger partial charge in [0.2, 0.25) is 5.91 Å². The monoisotopic (exact) mass is 363 g/mol. The maximum absolute atomic E-state index is 12.6. The Kier molecular flexibility index (Phi) is 6.02. The molecular formula is C19H25NO6. The Balaban J connectivity index is 2.21. The van der Waals surface area contributed by atoms with Crippen molar-refractivity contribution >= 4 is 18.0 Å². The van der Waals surface area contributed by atoms with Crippen molar-refractivity contribution in [2.75, 3.05) is 13.7 Å². The van der Waals surface area contributed by atoms with Crippen LogP contribution in [0.25, 0.3) is 0 Å². The summed E-state index contributed by atoms with van der Waals surface area (Å²) >= 11 is 0. The van der Waals surface area contributed by atoms with Crippen LogP contribution < -0.4 is 0 Å². The molecule has 1 atom stereocenters. The summed E-state index contributed by atoms with van der Waals surface area (Å²) in [6.45, 7) is 5.17. The van der Waals surface area contributed by atoms with E-state index in [4.69, 9.17) is 14.2 Å². The van der Waals surface area contributed by atoms with Crippen molar-refractivity contribution in [1.29, 1.82) is 0 Å². The summed E-state index contributed by atoms with van der Waals surface area (Å²) in [7, 11) is 1.22. The molecule has 2 rings (SSSR count). The van der Waals surface area contributed by atoms with Gasteiger partial charge in [0.25, 0.3) is 0 Å². The molecule has 7 nitrogen and oxygen atoms in total. The molecule has 1 saturated heterocycles. The number of carbonyl (C=O) groups excluding carboxylic acids is 3. The number of likely N-dealkylation sites (tertiary alicyclic amines) is 1. The van der Waals surface area contributed by atoms with Crippen molar-refractivity contribution in [3.63, 3.8) is 0 Å². The van der Waals surface area contributed by atoms with Crippen LogP contribution in [0.2, 0.25) is 0 Å². The average Bonchev–Trinajstić information content (AvgIpc) is 2.91. The third kappa shape index (κ3) is 4.40. The topological polar surface area (TPSA) is 82.1 Å². The number of carbonyl (C=O) groups is 3. The van der Waals surface area contributed by atoms with Gasteiger partial charge in [-0.05, 0) is 32.8 Å². The van der Waals surface area contributed by atoms with E-state index in [1.54, 1.807) is 20.8 Å². The quantitative estimate of drug-likeness (QED) is 0.748. The molecule has 0 aromatic heterocycles. The number of ether oxygens (including phenoxy) is 3. The number of imide groups is 1. The van der Waals surface area contributed by atoms with Gasteiger partial charge >= 0.3 is 12.1 Å². The van der Waals surface area contributed by atoms with Crippen LogP contribution in [0.15, 0.2) is 30.3 Å². The molecule has 2 amide bonds. The molecule has 0 N–H and O–H groups in total. The minimum Gasteiger partial charge on any atom is -0.467 e. The van der Waals surface area contributed by atoms with Gasteiger partial charge in [0.1, 0.15) is 5.60 Å². The van der Waals surface area contributed by atoms with Crippen LogP contribution in [0.3, 0.4) is 0 Å². The predicted octanol–water partition coefficient (Wildman–Crippen LogP) is 2.67. The van der Waals surface area contributed by atoms with E-state index in [0.717, 1.165) is 10.5 Å². The third-order valence-electron chi connectivity index (χ3n) is 4.02. The summed E-state index contributed by atoms with van der Waals surface area (Å²) in [5, 5.41) is 0. The van der Waals surface area contributed by atoms with Gasteiger partial charge in [0, 0.05) is 6.42 Å². The molecule has 0 bridgehead atoms. The van der Waals surface area contributed by atoms with E-state index in [9.17, 15) is 14.4 Å². The standard InChI is InChI=1S/C19H25NO6/c1-18(2,3)26-17(23)20-15(21)10-11-19(20,16(22)24-4)13-25-12-14-8-6-5-7-9-14/h5-9H,10-13H2,1-4H3/t19-/m0/s1. The lowest BCUT2D eigenvalue weighted by molar-refractivity contribution is -0.161. The highest BCUT2D eigenvalue weighted by molar-refractivity contribution is 6.02. The van der Waals surface area contributed by atoms with Crippen LogP contribution in [0.5, 0.6) is 0 Å². The zero-order valence-corrected chi connectivity index (χ0v) is 15.6. The first-order valence-electron chi connectivity index (χ1n) is 8.46. The van der Waals surface area contributed by atoms with E-state index < -0.39 is 29.1 Å². The Morgan fingerprint density at radius 2 is 1.85 bits per heavy atom. The van der Waals surface area contributed by atoms with Gasteiger partial charge < -0.3 is 14.2 Å². The van der Waals surface area contributed by atoms with Crippen molar-refractivity contribution in [2.45, 2.75) is 51.4 Å². The van der Waals surface area contributed by atoms with Crippen LogP contribution in [0.4, 0.5) is 4.79 Å². The second kappa shape index (κ2) is 7.86. The fourth-order valence-corrected chi connectivity index (χ4v) is 2.85. The van der Waals surface area contributed by atoms with Crippen molar-refractivity contribution in [3.8, 4) is 0 Å². The van der Waals surface area contributed by atoms with E-state index in [2.05, 4.69) is 0 Å². The summed E-state index contributed by atoms with van der Waals surface area (Å²) in [5.74, 6) is -1.17. The average molecular weight is 363 g/mol.